The summed E-state index contributed by atoms with van der Waals surface area (Å²) < 4.78 is 41.9. The number of para-hydroxylation sites is 1. The Morgan fingerprint density at radius 2 is 1.96 bits per heavy atom. The number of nitrogens with zero attached hydrogens (tertiary/aromatic N) is 5. The molecule has 1 unspecified atom stereocenters. The van der Waals surface area contributed by atoms with E-state index in [-0.39, 0.29) is 17.7 Å². The van der Waals surface area contributed by atoms with Crippen molar-refractivity contribution in [3.8, 4) is 5.82 Å². The van der Waals surface area contributed by atoms with Crippen molar-refractivity contribution in [2.75, 3.05) is 25.0 Å². The van der Waals surface area contributed by atoms with Gasteiger partial charge in [-0.3, -0.25) is 0 Å². The van der Waals surface area contributed by atoms with E-state index in [4.69, 9.17) is 0 Å². The lowest BCUT2D eigenvalue weighted by Gasteiger charge is -2.19. The molecule has 146 valence electrons. The Morgan fingerprint density at radius 3 is 2.64 bits per heavy atom. The minimum absolute atomic E-state index is 0.161. The van der Waals surface area contributed by atoms with Gasteiger partial charge in [-0.15, -0.1) is 0 Å². The molecule has 3 aromatic rings. The molecule has 4 rings (SSSR count). The van der Waals surface area contributed by atoms with Gasteiger partial charge in [0, 0.05) is 37.6 Å². The highest BCUT2D eigenvalue weighted by Gasteiger charge is 2.36. The first kappa shape index (κ1) is 18.4. The van der Waals surface area contributed by atoms with Gasteiger partial charge in [-0.1, -0.05) is 18.2 Å². The molecule has 0 aliphatic carbocycles. The van der Waals surface area contributed by atoms with Crippen molar-refractivity contribution in [3.05, 3.63) is 60.0 Å². The SMILES string of the molecule is CN(c1ccccc1)c1ncc(C(F)(F)F)c(-n2cc(C3CCNC3)cn2)n1. The molecule has 2 aromatic heterocycles. The van der Waals surface area contributed by atoms with Crippen molar-refractivity contribution in [1.29, 1.82) is 0 Å². The molecule has 0 radical (unpaired) electrons. The zero-order valence-electron chi connectivity index (χ0n) is 15.2. The van der Waals surface area contributed by atoms with Crippen molar-refractivity contribution in [2.45, 2.75) is 18.5 Å². The molecular weight excluding hydrogens is 369 g/mol. The summed E-state index contributed by atoms with van der Waals surface area (Å²) in [6.45, 7) is 1.69. The van der Waals surface area contributed by atoms with Gasteiger partial charge in [-0.05, 0) is 30.7 Å². The van der Waals surface area contributed by atoms with Crippen LogP contribution >= 0.6 is 0 Å². The average molecular weight is 388 g/mol. The number of benzene rings is 1. The average Bonchev–Trinajstić information content (AvgIpc) is 3.38. The smallest absolute Gasteiger partial charge is 0.316 e. The van der Waals surface area contributed by atoms with Gasteiger partial charge in [0.2, 0.25) is 5.95 Å². The fourth-order valence-corrected chi connectivity index (χ4v) is 3.27. The molecule has 0 spiro atoms. The lowest BCUT2D eigenvalue weighted by atomic mass is 10.0. The van der Waals surface area contributed by atoms with Crippen LogP contribution in [0.25, 0.3) is 5.82 Å². The second kappa shape index (κ2) is 7.23. The maximum atomic E-state index is 13.6. The monoisotopic (exact) mass is 388 g/mol. The van der Waals surface area contributed by atoms with E-state index in [0.29, 0.717) is 0 Å². The van der Waals surface area contributed by atoms with Gasteiger partial charge < -0.3 is 10.2 Å². The van der Waals surface area contributed by atoms with Gasteiger partial charge in [0.25, 0.3) is 0 Å². The van der Waals surface area contributed by atoms with Crippen molar-refractivity contribution < 1.29 is 13.2 Å². The Labute approximate surface area is 160 Å². The number of aromatic nitrogens is 4. The van der Waals surface area contributed by atoms with Crippen molar-refractivity contribution in [3.63, 3.8) is 0 Å². The predicted octanol–water partition coefficient (Wildman–Crippen LogP) is 3.53. The van der Waals surface area contributed by atoms with Gasteiger partial charge in [0.05, 0.1) is 6.20 Å². The maximum Gasteiger partial charge on any atom is 0.421 e. The number of nitrogens with one attached hydrogen (secondary N) is 1. The normalized spacial score (nSPS) is 17.1. The van der Waals surface area contributed by atoms with E-state index in [0.717, 1.165) is 37.0 Å². The third kappa shape index (κ3) is 3.57. The van der Waals surface area contributed by atoms with Gasteiger partial charge in [0.15, 0.2) is 5.82 Å². The molecule has 1 fully saturated rings. The van der Waals surface area contributed by atoms with Crippen LogP contribution in [0.3, 0.4) is 0 Å². The fourth-order valence-electron chi connectivity index (χ4n) is 3.27. The van der Waals surface area contributed by atoms with Crippen LogP contribution in [0.4, 0.5) is 24.8 Å². The van der Waals surface area contributed by atoms with Crippen molar-refractivity contribution >= 4 is 11.6 Å². The maximum absolute atomic E-state index is 13.6. The van der Waals surface area contributed by atoms with Crippen LogP contribution < -0.4 is 10.2 Å². The molecule has 6 nitrogen and oxygen atoms in total. The Bertz CT molecular complexity index is 948. The molecule has 0 bridgehead atoms. The second-order valence-electron chi connectivity index (χ2n) is 6.71. The molecule has 0 amide bonds. The van der Waals surface area contributed by atoms with E-state index in [1.807, 2.05) is 30.3 Å². The van der Waals surface area contributed by atoms with E-state index >= 15 is 0 Å². The summed E-state index contributed by atoms with van der Waals surface area (Å²) >= 11 is 0. The van der Waals surface area contributed by atoms with E-state index < -0.39 is 11.7 Å². The standard InChI is InChI=1S/C19H19F3N6/c1-27(15-5-3-2-4-6-15)18-24-11-16(19(20,21)22)17(26-18)28-12-14(10-25-28)13-7-8-23-9-13/h2-6,10-13,23H,7-9H2,1H3. The molecule has 28 heavy (non-hydrogen) atoms. The number of anilines is 2. The lowest BCUT2D eigenvalue weighted by molar-refractivity contribution is -0.138. The Morgan fingerprint density at radius 1 is 1.18 bits per heavy atom. The number of halogens is 3. The Kier molecular flexibility index (Phi) is 4.76. The molecule has 1 atom stereocenters. The first-order chi connectivity index (χ1) is 13.4. The van der Waals surface area contributed by atoms with Crippen LogP contribution in [0.2, 0.25) is 0 Å². The summed E-state index contributed by atoms with van der Waals surface area (Å²) in [7, 11) is 1.71. The number of hydrogen-bond donors (Lipinski definition) is 1. The van der Waals surface area contributed by atoms with Gasteiger partial charge in [0.1, 0.15) is 5.56 Å². The zero-order chi connectivity index (χ0) is 19.7. The van der Waals surface area contributed by atoms with Crippen LogP contribution in [0, 0.1) is 0 Å². The quantitative estimate of drug-likeness (QED) is 0.741. The number of hydrogen-bond acceptors (Lipinski definition) is 5. The Hall–Kier alpha value is -2.94. The van der Waals surface area contributed by atoms with Gasteiger partial charge in [-0.2, -0.15) is 23.3 Å². The summed E-state index contributed by atoms with van der Waals surface area (Å²) in [6, 6.07) is 9.21. The summed E-state index contributed by atoms with van der Waals surface area (Å²) in [4.78, 5) is 9.77. The van der Waals surface area contributed by atoms with Crippen LogP contribution in [0.15, 0.2) is 48.9 Å². The highest BCUT2D eigenvalue weighted by molar-refractivity contribution is 5.57. The molecule has 1 saturated heterocycles. The minimum Gasteiger partial charge on any atom is -0.316 e. The fraction of sp³-hybridized carbons (Fsp3) is 0.316. The number of alkyl halides is 3. The number of rotatable bonds is 4. The molecule has 1 aromatic carbocycles. The molecule has 3 heterocycles. The first-order valence-electron chi connectivity index (χ1n) is 8.92. The lowest BCUT2D eigenvalue weighted by Crippen LogP contribution is -2.19. The van der Waals surface area contributed by atoms with Crippen LogP contribution in [0.1, 0.15) is 23.5 Å². The molecule has 1 N–H and O–H groups in total. The molecule has 9 heteroatoms. The zero-order valence-corrected chi connectivity index (χ0v) is 15.2. The Balaban J connectivity index is 1.75. The topological polar surface area (TPSA) is 58.9 Å². The van der Waals surface area contributed by atoms with E-state index in [1.165, 1.54) is 4.68 Å². The summed E-state index contributed by atoms with van der Waals surface area (Å²) in [5.41, 5.74) is 0.748. The summed E-state index contributed by atoms with van der Waals surface area (Å²) in [6.07, 6.45) is 0.404. The minimum atomic E-state index is -4.58. The van der Waals surface area contributed by atoms with E-state index in [2.05, 4.69) is 20.4 Å². The molecule has 1 aliphatic rings. The summed E-state index contributed by atoms with van der Waals surface area (Å²) in [5, 5.41) is 7.41. The van der Waals surface area contributed by atoms with Crippen LogP contribution in [-0.2, 0) is 6.18 Å². The van der Waals surface area contributed by atoms with Crippen LogP contribution in [0.5, 0.6) is 0 Å². The van der Waals surface area contributed by atoms with Gasteiger partial charge >= 0.3 is 6.18 Å². The summed E-state index contributed by atoms with van der Waals surface area (Å²) in [5.74, 6) is 0.127. The first-order valence-corrected chi connectivity index (χ1v) is 8.92. The second-order valence-corrected chi connectivity index (χ2v) is 6.71. The van der Waals surface area contributed by atoms with E-state index in [1.54, 1.807) is 24.3 Å². The van der Waals surface area contributed by atoms with Gasteiger partial charge in [-0.25, -0.2) is 9.67 Å². The predicted molar refractivity (Wildman–Crippen MR) is 98.9 cm³/mol. The molecule has 1 aliphatic heterocycles. The largest absolute Gasteiger partial charge is 0.421 e. The van der Waals surface area contributed by atoms with E-state index in [9.17, 15) is 13.2 Å². The third-order valence-electron chi connectivity index (χ3n) is 4.86. The highest BCUT2D eigenvalue weighted by atomic mass is 19.4. The third-order valence-corrected chi connectivity index (χ3v) is 4.86. The van der Waals surface area contributed by atoms with Crippen molar-refractivity contribution in [2.24, 2.45) is 0 Å². The van der Waals surface area contributed by atoms with Crippen molar-refractivity contribution in [1.82, 2.24) is 25.1 Å². The highest BCUT2D eigenvalue weighted by Crippen LogP contribution is 2.34. The molecular formula is C19H19F3N6. The molecule has 0 saturated carbocycles. The van der Waals surface area contributed by atoms with Crippen LogP contribution in [-0.4, -0.2) is 39.9 Å².